The zero-order valence-corrected chi connectivity index (χ0v) is 14.1. The van der Waals surface area contributed by atoms with Crippen LogP contribution in [0.3, 0.4) is 0 Å². The first-order valence-corrected chi connectivity index (χ1v) is 17.8. The molecule has 0 aliphatic rings. The Bertz CT molecular complexity index is 316. The Hall–Kier alpha value is 0.840. The van der Waals surface area contributed by atoms with Gasteiger partial charge in [0.2, 0.25) is 0 Å². The third-order valence-corrected chi connectivity index (χ3v) is 6.21. The van der Waals surface area contributed by atoms with E-state index < -0.39 is 12.1 Å². The number of hydrogen-bond donors (Lipinski definition) is 2. The fourth-order valence-corrected chi connectivity index (χ4v) is 6.13. The standard InChI is InChI=1S/C9H10I3NO2/c10-12(11)13-8(6-14)5-7-1-3-9(15)4-2-7/h1-4,6,8,13,15H,5H2/t8-/m0/s1. The van der Waals surface area contributed by atoms with E-state index in [-0.39, 0.29) is 11.8 Å². The third kappa shape index (κ3) is 5.63. The molecule has 6 heteroatoms. The van der Waals surface area contributed by atoms with Gasteiger partial charge in [-0.25, -0.2) is 0 Å². The number of phenolic OH excluding ortho intramolecular Hbond substituents is 1. The van der Waals surface area contributed by atoms with E-state index in [0.717, 1.165) is 11.8 Å². The minimum atomic E-state index is -1.14. The number of carbonyl (C=O) groups is 1. The summed E-state index contributed by atoms with van der Waals surface area (Å²) in [4.78, 5) is 10.8. The number of rotatable bonds is 5. The zero-order chi connectivity index (χ0) is 11.3. The normalized spacial score (nSPS) is 13.3. The number of halogens is 3. The van der Waals surface area contributed by atoms with Crippen molar-refractivity contribution in [2.24, 2.45) is 0 Å². The van der Waals surface area contributed by atoms with E-state index in [1.807, 2.05) is 12.1 Å². The predicted octanol–water partition coefficient (Wildman–Crippen LogP) is 3.21. The molecule has 0 spiro atoms. The number of aromatic hydroxyl groups is 1. The van der Waals surface area contributed by atoms with Crippen LogP contribution in [0.2, 0.25) is 0 Å². The molecule has 0 aliphatic heterocycles. The van der Waals surface area contributed by atoms with Gasteiger partial charge in [0.15, 0.2) is 0 Å². The summed E-state index contributed by atoms with van der Waals surface area (Å²) in [7, 11) is 0. The summed E-state index contributed by atoms with van der Waals surface area (Å²) >= 11 is 3.58. The Labute approximate surface area is 115 Å². The van der Waals surface area contributed by atoms with Crippen LogP contribution in [0.5, 0.6) is 5.75 Å². The van der Waals surface area contributed by atoms with Crippen molar-refractivity contribution in [3.63, 3.8) is 0 Å². The summed E-state index contributed by atoms with van der Waals surface area (Å²) in [5.41, 5.74) is 1.06. The molecule has 0 bridgehead atoms. The van der Waals surface area contributed by atoms with Crippen LogP contribution in [0, 0.1) is 0 Å². The third-order valence-electron chi connectivity index (χ3n) is 1.78. The SMILES string of the molecule is O=C[C@H](Cc1ccc(O)cc1)NI(I)I. The molecule has 0 amide bonds. The fraction of sp³-hybridized carbons (Fsp3) is 0.222. The van der Waals surface area contributed by atoms with Gasteiger partial charge in [0, 0.05) is 0 Å². The van der Waals surface area contributed by atoms with Gasteiger partial charge in [0.25, 0.3) is 0 Å². The Morgan fingerprint density at radius 1 is 1.40 bits per heavy atom. The molecule has 0 fully saturated rings. The summed E-state index contributed by atoms with van der Waals surface area (Å²) in [5, 5.41) is 9.11. The molecule has 0 aliphatic carbocycles. The molecule has 84 valence electrons. The van der Waals surface area contributed by atoms with Crippen LogP contribution in [0.15, 0.2) is 24.3 Å². The van der Waals surface area contributed by atoms with Crippen molar-refractivity contribution < 1.29 is 9.90 Å². The van der Waals surface area contributed by atoms with Crippen LogP contribution >= 0.6 is 49.4 Å². The van der Waals surface area contributed by atoms with E-state index in [1.54, 1.807) is 12.1 Å². The molecule has 2 N–H and O–H groups in total. The van der Waals surface area contributed by atoms with Crippen molar-refractivity contribution in [1.82, 2.24) is 3.53 Å². The number of benzene rings is 1. The van der Waals surface area contributed by atoms with E-state index in [0.29, 0.717) is 6.42 Å². The van der Waals surface area contributed by atoms with Crippen LogP contribution in [0.4, 0.5) is 0 Å². The first-order chi connectivity index (χ1) is 7.11. The minimum absolute atomic E-state index is 0.103. The van der Waals surface area contributed by atoms with Crippen LogP contribution in [-0.2, 0) is 11.2 Å². The molecule has 1 aromatic carbocycles. The molecule has 0 heterocycles. The molecule has 3 nitrogen and oxygen atoms in total. The summed E-state index contributed by atoms with van der Waals surface area (Å²) in [5.74, 6) is 0.255. The van der Waals surface area contributed by atoms with Crippen LogP contribution in [0.25, 0.3) is 0 Å². The molecule has 1 aromatic rings. The first-order valence-electron chi connectivity index (χ1n) is 4.14. The summed E-state index contributed by atoms with van der Waals surface area (Å²) < 4.78 is 3.29. The topological polar surface area (TPSA) is 49.3 Å². The second-order valence-electron chi connectivity index (χ2n) is 2.92. The monoisotopic (exact) mass is 545 g/mol. The fourth-order valence-electron chi connectivity index (χ4n) is 1.10. The van der Waals surface area contributed by atoms with Crippen molar-refractivity contribution in [3.8, 4) is 5.75 Å². The Morgan fingerprint density at radius 3 is 2.47 bits per heavy atom. The molecule has 0 aromatic heterocycles. The van der Waals surface area contributed by atoms with Crippen molar-refractivity contribution in [2.45, 2.75) is 12.5 Å². The molecule has 0 saturated heterocycles. The van der Waals surface area contributed by atoms with Crippen molar-refractivity contribution in [1.29, 1.82) is 0 Å². The quantitative estimate of drug-likeness (QED) is 0.340. The molecule has 1 rings (SSSR count). The predicted molar refractivity (Wildman–Crippen MR) is 86.9 cm³/mol. The van der Waals surface area contributed by atoms with E-state index in [2.05, 4.69) is 40.8 Å². The second kappa shape index (κ2) is 7.22. The van der Waals surface area contributed by atoms with Crippen LogP contribution in [0.1, 0.15) is 5.56 Å². The van der Waals surface area contributed by atoms with E-state index in [4.69, 9.17) is 5.11 Å². The molecule has 0 unspecified atom stereocenters. The van der Waals surface area contributed by atoms with E-state index in [1.165, 1.54) is 0 Å². The second-order valence-corrected chi connectivity index (χ2v) is 26.1. The maximum absolute atomic E-state index is 10.8. The van der Waals surface area contributed by atoms with Crippen LogP contribution in [-0.4, -0.2) is 17.4 Å². The number of aldehydes is 1. The average Bonchev–Trinajstić information content (AvgIpc) is 2.19. The van der Waals surface area contributed by atoms with Gasteiger partial charge in [-0.1, -0.05) is 0 Å². The Balaban J connectivity index is 2.58. The molecular formula is C9H10I3NO2. The number of carbonyl (C=O) groups excluding carboxylic acids is 1. The number of nitrogens with one attached hydrogen (secondary N) is 1. The van der Waals surface area contributed by atoms with E-state index in [9.17, 15) is 4.79 Å². The van der Waals surface area contributed by atoms with Crippen molar-refractivity contribution in [2.75, 3.05) is 0 Å². The van der Waals surface area contributed by atoms with Gasteiger partial charge in [-0.15, -0.1) is 0 Å². The van der Waals surface area contributed by atoms with Gasteiger partial charge in [-0.2, -0.15) is 0 Å². The average molecular weight is 545 g/mol. The molecule has 1 atom stereocenters. The van der Waals surface area contributed by atoms with E-state index >= 15 is 0 Å². The summed E-state index contributed by atoms with van der Waals surface area (Å²) in [6, 6.07) is 6.86. The Morgan fingerprint density at radius 2 is 2.00 bits per heavy atom. The Kier molecular flexibility index (Phi) is 6.69. The van der Waals surface area contributed by atoms with Crippen LogP contribution < -0.4 is 3.53 Å². The molecule has 0 radical (unpaired) electrons. The zero-order valence-electron chi connectivity index (χ0n) is 7.66. The molecule has 15 heavy (non-hydrogen) atoms. The molecular weight excluding hydrogens is 535 g/mol. The van der Waals surface area contributed by atoms with Gasteiger partial charge in [-0.05, 0) is 0 Å². The maximum atomic E-state index is 10.8. The molecule has 0 saturated carbocycles. The van der Waals surface area contributed by atoms with Gasteiger partial charge in [0.05, 0.1) is 0 Å². The van der Waals surface area contributed by atoms with Crippen molar-refractivity contribution >= 4 is 55.7 Å². The summed E-state index contributed by atoms with van der Waals surface area (Å²) in [6.45, 7) is 0. The van der Waals surface area contributed by atoms with Crippen molar-refractivity contribution in [3.05, 3.63) is 29.8 Å². The summed E-state index contributed by atoms with van der Waals surface area (Å²) in [6.07, 6.45) is 1.64. The first kappa shape index (κ1) is 13.9. The van der Waals surface area contributed by atoms with Gasteiger partial charge in [-0.3, -0.25) is 0 Å². The number of phenols is 1. The van der Waals surface area contributed by atoms with Gasteiger partial charge < -0.3 is 0 Å². The number of hydrogen-bond acceptors (Lipinski definition) is 3. The van der Waals surface area contributed by atoms with Gasteiger partial charge in [0.1, 0.15) is 0 Å². The van der Waals surface area contributed by atoms with Gasteiger partial charge >= 0.3 is 117 Å².